The molecule has 1 unspecified atom stereocenters. The van der Waals surface area contributed by atoms with Crippen LogP contribution in [0.3, 0.4) is 0 Å². The number of rotatable bonds is 6. The second-order valence-corrected chi connectivity index (χ2v) is 7.65. The quantitative estimate of drug-likeness (QED) is 0.878. The molecule has 1 aromatic rings. The molecule has 1 atom stereocenters. The topological polar surface area (TPSA) is 49.4 Å². The Morgan fingerprint density at radius 3 is 2.71 bits per heavy atom. The van der Waals surface area contributed by atoms with Crippen LogP contribution in [0.1, 0.15) is 37.8 Å². The fourth-order valence-electron chi connectivity index (χ4n) is 2.88. The average Bonchev–Trinajstić information content (AvgIpc) is 2.95. The maximum Gasteiger partial charge on any atom is 0.243 e. The molecule has 1 heterocycles. The van der Waals surface area contributed by atoms with Gasteiger partial charge in [0.25, 0.3) is 0 Å². The maximum absolute atomic E-state index is 12.8. The fraction of sp³-hybridized carbons (Fsp3) is 0.625. The van der Waals surface area contributed by atoms with Crippen molar-refractivity contribution in [1.29, 1.82) is 0 Å². The summed E-state index contributed by atoms with van der Waals surface area (Å²) in [4.78, 5) is 0.467. The number of nitrogens with zero attached hydrogens (tertiary/aromatic N) is 1. The van der Waals surface area contributed by atoms with Crippen molar-refractivity contribution in [3.8, 4) is 0 Å². The van der Waals surface area contributed by atoms with Crippen LogP contribution in [0.5, 0.6) is 0 Å². The van der Waals surface area contributed by atoms with E-state index in [1.54, 1.807) is 10.4 Å². The molecular weight excluding hydrogens is 284 g/mol. The summed E-state index contributed by atoms with van der Waals surface area (Å²) in [7, 11) is -3.35. The minimum absolute atomic E-state index is 0.467. The smallest absolute Gasteiger partial charge is 0.243 e. The van der Waals surface area contributed by atoms with Gasteiger partial charge in [0.15, 0.2) is 0 Å². The van der Waals surface area contributed by atoms with Crippen molar-refractivity contribution in [3.05, 3.63) is 29.3 Å². The minimum atomic E-state index is -3.35. The van der Waals surface area contributed by atoms with Crippen molar-refractivity contribution in [3.63, 3.8) is 0 Å². The van der Waals surface area contributed by atoms with E-state index in [9.17, 15) is 8.42 Å². The number of nitrogens with one attached hydrogen (secondary N) is 1. The van der Waals surface area contributed by atoms with Crippen molar-refractivity contribution in [2.24, 2.45) is 5.92 Å². The molecule has 0 bridgehead atoms. The molecule has 1 fully saturated rings. The standard InChI is InChI=1S/C16H26N2O2S/c1-4-14-9-10-18(12-14)21(19,20)16-8-6-7-15(13(16)3)11-17-5-2/h6-8,14,17H,4-5,9-12H2,1-3H3. The van der Waals surface area contributed by atoms with Crippen LogP contribution in [0.15, 0.2) is 23.1 Å². The Kier molecular flexibility index (Phi) is 5.41. The molecule has 0 aliphatic carbocycles. The monoisotopic (exact) mass is 310 g/mol. The molecule has 1 N–H and O–H groups in total. The van der Waals surface area contributed by atoms with E-state index in [0.717, 1.165) is 30.5 Å². The van der Waals surface area contributed by atoms with Gasteiger partial charge in [-0.1, -0.05) is 32.4 Å². The van der Waals surface area contributed by atoms with Gasteiger partial charge in [-0.2, -0.15) is 4.31 Å². The van der Waals surface area contributed by atoms with E-state index in [1.165, 1.54) is 0 Å². The van der Waals surface area contributed by atoms with Gasteiger partial charge in [-0.05, 0) is 43.0 Å². The maximum atomic E-state index is 12.8. The lowest BCUT2D eigenvalue weighted by atomic mass is 10.1. The summed E-state index contributed by atoms with van der Waals surface area (Å²) in [6, 6.07) is 5.58. The van der Waals surface area contributed by atoms with Crippen molar-refractivity contribution < 1.29 is 8.42 Å². The van der Waals surface area contributed by atoms with Crippen LogP contribution in [0.25, 0.3) is 0 Å². The number of hydrogen-bond acceptors (Lipinski definition) is 3. The van der Waals surface area contributed by atoms with E-state index in [-0.39, 0.29) is 0 Å². The summed E-state index contributed by atoms with van der Waals surface area (Å²) < 4.78 is 27.3. The van der Waals surface area contributed by atoms with Crippen LogP contribution >= 0.6 is 0 Å². The average molecular weight is 310 g/mol. The van der Waals surface area contributed by atoms with Gasteiger partial charge in [-0.3, -0.25) is 0 Å². The van der Waals surface area contributed by atoms with Crippen molar-refractivity contribution in [1.82, 2.24) is 9.62 Å². The second kappa shape index (κ2) is 6.90. The molecule has 1 aliphatic heterocycles. The summed E-state index contributed by atoms with van der Waals surface area (Å²) in [5.74, 6) is 0.505. The summed E-state index contributed by atoms with van der Waals surface area (Å²) in [6.45, 7) is 8.98. The summed E-state index contributed by atoms with van der Waals surface area (Å²) in [5, 5.41) is 3.26. The normalized spacial score (nSPS) is 20.0. The second-order valence-electron chi connectivity index (χ2n) is 5.75. The van der Waals surface area contributed by atoms with Crippen LogP contribution in [0, 0.1) is 12.8 Å². The number of hydrogen-bond donors (Lipinski definition) is 1. The lowest BCUT2D eigenvalue weighted by Gasteiger charge is -2.19. The van der Waals surface area contributed by atoms with E-state index >= 15 is 0 Å². The molecule has 1 saturated heterocycles. The highest BCUT2D eigenvalue weighted by Crippen LogP contribution is 2.28. The predicted molar refractivity (Wildman–Crippen MR) is 85.7 cm³/mol. The predicted octanol–water partition coefficient (Wildman–Crippen LogP) is 2.53. The van der Waals surface area contributed by atoms with Gasteiger partial charge >= 0.3 is 0 Å². The molecule has 21 heavy (non-hydrogen) atoms. The van der Waals surface area contributed by atoms with Crippen molar-refractivity contribution >= 4 is 10.0 Å². The largest absolute Gasteiger partial charge is 0.313 e. The number of benzene rings is 1. The molecule has 1 aliphatic rings. The molecule has 1 aromatic carbocycles. The summed E-state index contributed by atoms with van der Waals surface area (Å²) >= 11 is 0. The van der Waals surface area contributed by atoms with Gasteiger partial charge in [0.2, 0.25) is 10.0 Å². The first-order chi connectivity index (χ1) is 10.0. The van der Waals surface area contributed by atoms with Gasteiger partial charge < -0.3 is 5.32 Å². The van der Waals surface area contributed by atoms with Gasteiger partial charge in [0, 0.05) is 19.6 Å². The molecule has 2 rings (SSSR count). The first-order valence-corrected chi connectivity index (χ1v) is 9.24. The summed E-state index contributed by atoms with van der Waals surface area (Å²) in [6.07, 6.45) is 2.03. The molecule has 5 heteroatoms. The van der Waals surface area contributed by atoms with Crippen molar-refractivity contribution in [2.45, 2.75) is 45.1 Å². The van der Waals surface area contributed by atoms with Crippen LogP contribution in [0.4, 0.5) is 0 Å². The Labute approximate surface area is 128 Å². The molecule has 0 aromatic heterocycles. The third kappa shape index (κ3) is 3.47. The first-order valence-electron chi connectivity index (χ1n) is 7.80. The lowest BCUT2D eigenvalue weighted by molar-refractivity contribution is 0.452. The molecule has 118 valence electrons. The van der Waals surface area contributed by atoms with Gasteiger partial charge in [-0.25, -0.2) is 8.42 Å². The van der Waals surface area contributed by atoms with Crippen LogP contribution in [-0.4, -0.2) is 32.4 Å². The summed E-state index contributed by atoms with van der Waals surface area (Å²) in [5.41, 5.74) is 1.93. The zero-order chi connectivity index (χ0) is 15.5. The Morgan fingerprint density at radius 2 is 2.10 bits per heavy atom. The molecule has 0 amide bonds. The Balaban J connectivity index is 2.28. The van der Waals surface area contributed by atoms with E-state index < -0.39 is 10.0 Å². The highest BCUT2D eigenvalue weighted by molar-refractivity contribution is 7.89. The molecule has 0 spiro atoms. The molecular formula is C16H26N2O2S. The van der Waals surface area contributed by atoms with E-state index in [4.69, 9.17) is 0 Å². The fourth-order valence-corrected chi connectivity index (χ4v) is 4.68. The van der Waals surface area contributed by atoms with Gasteiger partial charge in [-0.15, -0.1) is 0 Å². The third-order valence-corrected chi connectivity index (χ3v) is 6.42. The zero-order valence-corrected chi connectivity index (χ0v) is 14.0. The lowest BCUT2D eigenvalue weighted by Crippen LogP contribution is -2.29. The Morgan fingerprint density at radius 1 is 1.33 bits per heavy atom. The van der Waals surface area contributed by atoms with Gasteiger partial charge in [0.1, 0.15) is 0 Å². The third-order valence-electron chi connectivity index (χ3n) is 4.41. The van der Waals surface area contributed by atoms with E-state index in [1.807, 2.05) is 26.0 Å². The first kappa shape index (κ1) is 16.5. The highest BCUT2D eigenvalue weighted by atomic mass is 32.2. The molecule has 0 saturated carbocycles. The van der Waals surface area contributed by atoms with E-state index in [0.29, 0.717) is 30.4 Å². The van der Waals surface area contributed by atoms with Crippen LogP contribution in [0.2, 0.25) is 0 Å². The van der Waals surface area contributed by atoms with E-state index in [2.05, 4.69) is 12.2 Å². The molecule has 0 radical (unpaired) electrons. The van der Waals surface area contributed by atoms with Crippen LogP contribution in [-0.2, 0) is 16.6 Å². The van der Waals surface area contributed by atoms with Gasteiger partial charge in [0.05, 0.1) is 4.90 Å². The zero-order valence-electron chi connectivity index (χ0n) is 13.2. The Bertz CT molecular complexity index is 584. The number of sulfonamides is 1. The molecule has 4 nitrogen and oxygen atoms in total. The van der Waals surface area contributed by atoms with Crippen molar-refractivity contribution in [2.75, 3.05) is 19.6 Å². The minimum Gasteiger partial charge on any atom is -0.313 e. The Hall–Kier alpha value is -0.910. The highest BCUT2D eigenvalue weighted by Gasteiger charge is 2.32. The SMILES string of the molecule is CCNCc1cccc(S(=O)(=O)N2CCC(CC)C2)c1C. The van der Waals surface area contributed by atoms with Crippen LogP contribution < -0.4 is 5.32 Å².